The van der Waals surface area contributed by atoms with Gasteiger partial charge in [-0.2, -0.15) is 0 Å². The van der Waals surface area contributed by atoms with E-state index in [0.717, 1.165) is 22.1 Å². The van der Waals surface area contributed by atoms with Gasteiger partial charge in [0.2, 0.25) is 0 Å². The van der Waals surface area contributed by atoms with Crippen LogP contribution in [0.1, 0.15) is 30.2 Å². The van der Waals surface area contributed by atoms with Gasteiger partial charge in [0, 0.05) is 24.0 Å². The van der Waals surface area contributed by atoms with Gasteiger partial charge in [0.1, 0.15) is 17.2 Å². The average Bonchev–Trinajstić information content (AvgIpc) is 2.64. The Morgan fingerprint density at radius 3 is 2.27 bits per heavy atom. The van der Waals surface area contributed by atoms with Gasteiger partial charge < -0.3 is 25.4 Å². The zero-order valence-electron chi connectivity index (χ0n) is 14.8. The van der Waals surface area contributed by atoms with Gasteiger partial charge in [-0.15, -0.1) is 0 Å². The van der Waals surface area contributed by atoms with Crippen molar-refractivity contribution in [3.63, 3.8) is 0 Å². The molecule has 3 aromatic rings. The van der Waals surface area contributed by atoms with Crippen LogP contribution in [0.4, 0.5) is 0 Å². The molecule has 0 heterocycles. The lowest BCUT2D eigenvalue weighted by molar-refractivity contribution is 0.170. The van der Waals surface area contributed by atoms with Crippen molar-refractivity contribution in [1.29, 1.82) is 0 Å². The molecule has 0 fully saturated rings. The number of phenols is 2. The molecule has 5 heteroatoms. The number of hydrogen-bond donors (Lipinski definition) is 4. The first-order valence-electron chi connectivity index (χ1n) is 8.49. The van der Waals surface area contributed by atoms with Gasteiger partial charge in [-0.25, -0.2) is 0 Å². The molecule has 26 heavy (non-hydrogen) atoms. The number of rotatable bonds is 6. The average molecular weight is 353 g/mol. The number of aliphatic hydroxyl groups excluding tert-OH is 1. The summed E-state index contributed by atoms with van der Waals surface area (Å²) in [5.74, 6) is 0.674. The summed E-state index contributed by atoms with van der Waals surface area (Å²) in [7, 11) is 1.66. The standard InChI is InChI=1S/C21H23NO4/c1-13(22-12-20(25)14-9-15(23)11-16(24)10-14)17-7-8-21(26-2)19-6-4-3-5-18(17)19/h3-11,13,20,22-25H,12H2,1-2H3/t13-,20-/m0/s1. The lowest BCUT2D eigenvalue weighted by Crippen LogP contribution is -2.24. The number of ether oxygens (including phenoxy) is 1. The molecule has 0 amide bonds. The lowest BCUT2D eigenvalue weighted by Gasteiger charge is -2.20. The molecule has 136 valence electrons. The largest absolute Gasteiger partial charge is 0.508 e. The van der Waals surface area contributed by atoms with Crippen molar-refractivity contribution >= 4 is 10.8 Å². The zero-order chi connectivity index (χ0) is 18.7. The van der Waals surface area contributed by atoms with E-state index in [2.05, 4.69) is 11.4 Å². The van der Waals surface area contributed by atoms with Gasteiger partial charge in [-0.05, 0) is 41.6 Å². The molecule has 0 aliphatic rings. The van der Waals surface area contributed by atoms with E-state index in [1.807, 2.05) is 37.3 Å². The van der Waals surface area contributed by atoms with Gasteiger partial charge in [0.05, 0.1) is 13.2 Å². The van der Waals surface area contributed by atoms with Gasteiger partial charge in [-0.1, -0.05) is 30.3 Å². The summed E-state index contributed by atoms with van der Waals surface area (Å²) in [5.41, 5.74) is 1.56. The Balaban J connectivity index is 1.78. The highest BCUT2D eigenvalue weighted by atomic mass is 16.5. The second kappa shape index (κ2) is 7.64. The first-order chi connectivity index (χ1) is 12.5. The molecule has 0 aliphatic carbocycles. The summed E-state index contributed by atoms with van der Waals surface area (Å²) >= 11 is 0. The topological polar surface area (TPSA) is 82.0 Å². The summed E-state index contributed by atoms with van der Waals surface area (Å²) in [6.07, 6.45) is -0.847. The lowest BCUT2D eigenvalue weighted by atomic mass is 9.98. The fraction of sp³-hybridized carbons (Fsp3) is 0.238. The fourth-order valence-corrected chi connectivity index (χ4v) is 3.18. The molecule has 0 spiro atoms. The summed E-state index contributed by atoms with van der Waals surface area (Å²) in [5, 5.41) is 34.9. The Morgan fingerprint density at radius 2 is 1.62 bits per heavy atom. The molecule has 0 aliphatic heterocycles. The predicted molar refractivity (Wildman–Crippen MR) is 102 cm³/mol. The van der Waals surface area contributed by atoms with Crippen molar-refractivity contribution in [2.45, 2.75) is 19.1 Å². The minimum absolute atomic E-state index is 0.00800. The summed E-state index contributed by atoms with van der Waals surface area (Å²) in [6.45, 7) is 2.31. The van der Waals surface area contributed by atoms with Crippen molar-refractivity contribution < 1.29 is 20.1 Å². The number of fused-ring (bicyclic) bond motifs is 1. The maximum atomic E-state index is 10.4. The van der Waals surface area contributed by atoms with Gasteiger partial charge in [0.15, 0.2) is 0 Å². The molecule has 0 radical (unpaired) electrons. The van der Waals surface area contributed by atoms with Crippen LogP contribution in [0.3, 0.4) is 0 Å². The quantitative estimate of drug-likeness (QED) is 0.544. The molecule has 0 aromatic heterocycles. The number of aliphatic hydroxyl groups is 1. The normalized spacial score (nSPS) is 13.5. The van der Waals surface area contributed by atoms with E-state index in [-0.39, 0.29) is 24.1 Å². The minimum Gasteiger partial charge on any atom is -0.508 e. The second-order valence-corrected chi connectivity index (χ2v) is 6.33. The minimum atomic E-state index is -0.847. The van der Waals surface area contributed by atoms with Crippen molar-refractivity contribution in [2.24, 2.45) is 0 Å². The molecule has 3 rings (SSSR count). The van der Waals surface area contributed by atoms with Crippen LogP contribution in [-0.4, -0.2) is 29.0 Å². The molecular weight excluding hydrogens is 330 g/mol. The molecule has 2 atom stereocenters. The van der Waals surface area contributed by atoms with Crippen LogP contribution >= 0.6 is 0 Å². The Labute approximate surface area is 152 Å². The molecule has 0 bridgehead atoms. The van der Waals surface area contributed by atoms with E-state index >= 15 is 0 Å². The van der Waals surface area contributed by atoms with E-state index in [4.69, 9.17) is 4.74 Å². The highest BCUT2D eigenvalue weighted by molar-refractivity contribution is 5.91. The van der Waals surface area contributed by atoms with Crippen LogP contribution in [0.2, 0.25) is 0 Å². The van der Waals surface area contributed by atoms with E-state index in [0.29, 0.717) is 5.56 Å². The molecule has 0 saturated carbocycles. The van der Waals surface area contributed by atoms with Crippen molar-refractivity contribution in [2.75, 3.05) is 13.7 Å². The molecular formula is C21H23NO4. The summed E-state index contributed by atoms with van der Waals surface area (Å²) in [6, 6.07) is 16.1. The third-order valence-corrected chi connectivity index (χ3v) is 4.53. The van der Waals surface area contributed by atoms with Gasteiger partial charge in [-0.3, -0.25) is 0 Å². The van der Waals surface area contributed by atoms with Crippen molar-refractivity contribution in [3.8, 4) is 17.2 Å². The number of hydrogen-bond acceptors (Lipinski definition) is 5. The van der Waals surface area contributed by atoms with Crippen LogP contribution < -0.4 is 10.1 Å². The predicted octanol–water partition coefficient (Wildman–Crippen LogP) is 3.64. The summed E-state index contributed by atoms with van der Waals surface area (Å²) in [4.78, 5) is 0. The van der Waals surface area contributed by atoms with Crippen LogP contribution in [0.15, 0.2) is 54.6 Å². The zero-order valence-corrected chi connectivity index (χ0v) is 14.8. The maximum absolute atomic E-state index is 10.4. The van der Waals surface area contributed by atoms with Crippen LogP contribution in [-0.2, 0) is 0 Å². The third kappa shape index (κ3) is 3.74. The first-order valence-corrected chi connectivity index (χ1v) is 8.49. The van der Waals surface area contributed by atoms with Crippen LogP contribution in [0.5, 0.6) is 17.2 Å². The van der Waals surface area contributed by atoms with E-state index in [9.17, 15) is 15.3 Å². The molecule has 4 N–H and O–H groups in total. The number of phenolic OH excluding ortho intramolecular Hbond substituents is 2. The fourth-order valence-electron chi connectivity index (χ4n) is 3.18. The number of nitrogens with one attached hydrogen (secondary N) is 1. The number of aromatic hydroxyl groups is 2. The van der Waals surface area contributed by atoms with Crippen LogP contribution in [0, 0.1) is 0 Å². The smallest absolute Gasteiger partial charge is 0.126 e. The Hall–Kier alpha value is -2.76. The van der Waals surface area contributed by atoms with Crippen LogP contribution in [0.25, 0.3) is 10.8 Å². The maximum Gasteiger partial charge on any atom is 0.126 e. The van der Waals surface area contributed by atoms with E-state index < -0.39 is 6.10 Å². The highest BCUT2D eigenvalue weighted by Crippen LogP contribution is 2.32. The van der Waals surface area contributed by atoms with Crippen molar-refractivity contribution in [1.82, 2.24) is 5.32 Å². The second-order valence-electron chi connectivity index (χ2n) is 6.33. The van der Waals surface area contributed by atoms with Gasteiger partial charge >= 0.3 is 0 Å². The molecule has 0 unspecified atom stereocenters. The Kier molecular flexibility index (Phi) is 5.30. The Bertz CT molecular complexity index is 889. The molecule has 5 nitrogen and oxygen atoms in total. The SMILES string of the molecule is COc1ccc([C@H](C)NC[C@H](O)c2cc(O)cc(O)c2)c2ccccc12. The summed E-state index contributed by atoms with van der Waals surface area (Å²) < 4.78 is 5.43. The monoisotopic (exact) mass is 353 g/mol. The van der Waals surface area contributed by atoms with E-state index in [1.54, 1.807) is 7.11 Å². The molecule has 0 saturated heterocycles. The highest BCUT2D eigenvalue weighted by Gasteiger charge is 2.15. The van der Waals surface area contributed by atoms with Crippen molar-refractivity contribution in [3.05, 3.63) is 65.7 Å². The Morgan fingerprint density at radius 1 is 0.962 bits per heavy atom. The number of methoxy groups -OCH3 is 1. The third-order valence-electron chi connectivity index (χ3n) is 4.53. The van der Waals surface area contributed by atoms with Gasteiger partial charge in [0.25, 0.3) is 0 Å². The first kappa shape index (κ1) is 18.0. The number of benzene rings is 3. The van der Waals surface area contributed by atoms with E-state index in [1.165, 1.54) is 18.2 Å². The molecule has 3 aromatic carbocycles.